The Balaban J connectivity index is 1.80. The molecule has 0 spiro atoms. The van der Waals surface area contributed by atoms with Gasteiger partial charge in [0.1, 0.15) is 0 Å². The van der Waals surface area contributed by atoms with Gasteiger partial charge >= 0.3 is 5.97 Å². The number of aliphatic carboxylic acids is 1. The lowest BCUT2D eigenvalue weighted by Crippen LogP contribution is -2.48. The van der Waals surface area contributed by atoms with Gasteiger partial charge in [0.05, 0.1) is 23.8 Å². The summed E-state index contributed by atoms with van der Waals surface area (Å²) in [6.07, 6.45) is -1.08. The summed E-state index contributed by atoms with van der Waals surface area (Å²) >= 11 is 0. The monoisotopic (exact) mass is 389 g/mol. The highest BCUT2D eigenvalue weighted by Crippen LogP contribution is 2.19. The number of carbonyl (C=O) groups excluding carboxylic acids is 1. The molecule has 27 heavy (non-hydrogen) atoms. The third-order valence-electron chi connectivity index (χ3n) is 4.27. The normalized spacial score (nSPS) is 17.5. The van der Waals surface area contributed by atoms with E-state index in [1.807, 2.05) is 6.07 Å². The van der Waals surface area contributed by atoms with Crippen molar-refractivity contribution in [3.8, 4) is 0 Å². The highest BCUT2D eigenvalue weighted by Gasteiger charge is 2.30. The molecular weight excluding hydrogens is 370 g/mol. The molecule has 1 amide bonds. The van der Waals surface area contributed by atoms with Crippen LogP contribution in [0.3, 0.4) is 0 Å². The van der Waals surface area contributed by atoms with Crippen LogP contribution in [-0.2, 0) is 25.1 Å². The Bertz CT molecular complexity index is 942. The topological polar surface area (TPSA) is 101 Å². The second-order valence-electron chi connectivity index (χ2n) is 6.22. The number of rotatable bonds is 5. The van der Waals surface area contributed by atoms with Gasteiger partial charge in [-0.3, -0.25) is 4.79 Å². The van der Waals surface area contributed by atoms with Crippen LogP contribution < -0.4 is 0 Å². The summed E-state index contributed by atoms with van der Waals surface area (Å²) in [5, 5.41) is 9.06. The van der Waals surface area contributed by atoms with Crippen LogP contribution in [0, 0.1) is 0 Å². The van der Waals surface area contributed by atoms with Crippen LogP contribution in [0.2, 0.25) is 0 Å². The SMILES string of the molecule is O=C(O)[C@@H]1CN(C(=O)c2cccc(S(=O)(=O)Cc3ccccc3)c2)CCO1. The van der Waals surface area contributed by atoms with Crippen LogP contribution in [0.25, 0.3) is 0 Å². The molecule has 1 atom stereocenters. The number of amides is 1. The van der Waals surface area contributed by atoms with Gasteiger partial charge in [-0.05, 0) is 23.8 Å². The maximum Gasteiger partial charge on any atom is 0.334 e. The van der Waals surface area contributed by atoms with Gasteiger partial charge in [-0.2, -0.15) is 0 Å². The zero-order valence-electron chi connectivity index (χ0n) is 14.4. The number of carboxylic acid groups (broad SMARTS) is 1. The number of ether oxygens (including phenoxy) is 1. The molecule has 1 fully saturated rings. The number of hydrogen-bond donors (Lipinski definition) is 1. The molecule has 7 nitrogen and oxygen atoms in total. The predicted molar refractivity (Wildman–Crippen MR) is 97.1 cm³/mol. The minimum Gasteiger partial charge on any atom is -0.479 e. The number of benzene rings is 2. The molecule has 0 aliphatic carbocycles. The van der Waals surface area contributed by atoms with Gasteiger partial charge in [0.2, 0.25) is 0 Å². The molecule has 1 saturated heterocycles. The summed E-state index contributed by atoms with van der Waals surface area (Å²) in [7, 11) is -3.61. The van der Waals surface area contributed by atoms with Crippen molar-refractivity contribution in [2.75, 3.05) is 19.7 Å². The largest absolute Gasteiger partial charge is 0.479 e. The van der Waals surface area contributed by atoms with Crippen LogP contribution in [0.5, 0.6) is 0 Å². The van der Waals surface area contributed by atoms with Crippen molar-refractivity contribution < 1.29 is 27.9 Å². The van der Waals surface area contributed by atoms with Gasteiger partial charge in [-0.25, -0.2) is 13.2 Å². The van der Waals surface area contributed by atoms with Gasteiger partial charge in [-0.15, -0.1) is 0 Å². The first kappa shape index (κ1) is 19.1. The average molecular weight is 389 g/mol. The van der Waals surface area contributed by atoms with Crippen LogP contribution in [0.15, 0.2) is 59.5 Å². The van der Waals surface area contributed by atoms with Crippen LogP contribution in [-0.4, -0.2) is 56.1 Å². The van der Waals surface area contributed by atoms with Gasteiger partial charge in [-0.1, -0.05) is 36.4 Å². The van der Waals surface area contributed by atoms with E-state index in [1.54, 1.807) is 24.3 Å². The third-order valence-corrected chi connectivity index (χ3v) is 5.95. The fraction of sp³-hybridized carbons (Fsp3) is 0.263. The zero-order valence-corrected chi connectivity index (χ0v) is 15.3. The number of carboxylic acids is 1. The first-order chi connectivity index (χ1) is 12.9. The van der Waals surface area contributed by atoms with Gasteiger partial charge in [0.25, 0.3) is 5.91 Å². The summed E-state index contributed by atoms with van der Waals surface area (Å²) in [6.45, 7) is 0.299. The smallest absolute Gasteiger partial charge is 0.334 e. The summed E-state index contributed by atoms with van der Waals surface area (Å²) in [5.74, 6) is -1.71. The van der Waals surface area contributed by atoms with E-state index in [9.17, 15) is 18.0 Å². The Labute approximate surface area is 157 Å². The molecular formula is C19H19NO6S. The molecule has 1 heterocycles. The van der Waals surface area contributed by atoms with E-state index in [4.69, 9.17) is 9.84 Å². The molecule has 1 N–H and O–H groups in total. The first-order valence-electron chi connectivity index (χ1n) is 8.37. The minimum absolute atomic E-state index is 0.0558. The Morgan fingerprint density at radius 3 is 2.56 bits per heavy atom. The van der Waals surface area contributed by atoms with E-state index in [0.717, 1.165) is 0 Å². The lowest BCUT2D eigenvalue weighted by atomic mass is 10.1. The summed E-state index contributed by atoms with van der Waals surface area (Å²) < 4.78 is 30.5. The Kier molecular flexibility index (Phi) is 5.57. The molecule has 0 bridgehead atoms. The molecule has 0 saturated carbocycles. The van der Waals surface area contributed by atoms with Gasteiger partial charge < -0.3 is 14.7 Å². The molecule has 0 aromatic heterocycles. The van der Waals surface area contributed by atoms with E-state index in [0.29, 0.717) is 5.56 Å². The van der Waals surface area contributed by atoms with Crippen molar-refractivity contribution >= 4 is 21.7 Å². The number of carbonyl (C=O) groups is 2. The predicted octanol–water partition coefficient (Wildman–Crippen LogP) is 1.59. The fourth-order valence-electron chi connectivity index (χ4n) is 2.87. The highest BCUT2D eigenvalue weighted by molar-refractivity contribution is 7.90. The van der Waals surface area contributed by atoms with Gasteiger partial charge in [0.15, 0.2) is 15.9 Å². The van der Waals surface area contributed by atoms with Crippen LogP contribution >= 0.6 is 0 Å². The quantitative estimate of drug-likeness (QED) is 0.833. The molecule has 142 valence electrons. The van der Waals surface area contributed by atoms with Crippen LogP contribution in [0.4, 0.5) is 0 Å². The number of morpholine rings is 1. The maximum absolute atomic E-state index is 12.7. The molecule has 1 aliphatic rings. The third kappa shape index (κ3) is 4.53. The fourth-order valence-corrected chi connectivity index (χ4v) is 4.26. The number of nitrogens with zero attached hydrogens (tertiary/aromatic N) is 1. The number of sulfone groups is 1. The van der Waals surface area contributed by atoms with E-state index in [2.05, 4.69) is 0 Å². The maximum atomic E-state index is 12.7. The van der Waals surface area contributed by atoms with E-state index < -0.39 is 27.8 Å². The standard InChI is InChI=1S/C19H19NO6S/c21-18(20-9-10-26-17(12-20)19(22)23)15-7-4-8-16(11-15)27(24,25)13-14-5-2-1-3-6-14/h1-8,11,17H,9-10,12-13H2,(H,22,23)/t17-/m0/s1. The lowest BCUT2D eigenvalue weighted by Gasteiger charge is -2.31. The molecule has 1 aliphatic heterocycles. The van der Waals surface area contributed by atoms with Crippen molar-refractivity contribution in [3.05, 3.63) is 65.7 Å². The van der Waals surface area contributed by atoms with E-state index in [1.165, 1.54) is 29.2 Å². The van der Waals surface area contributed by atoms with Crippen molar-refractivity contribution in [1.82, 2.24) is 4.90 Å². The molecule has 2 aromatic rings. The average Bonchev–Trinajstić information content (AvgIpc) is 2.68. The summed E-state index contributed by atoms with van der Waals surface area (Å²) in [4.78, 5) is 25.2. The van der Waals surface area contributed by atoms with Crippen molar-refractivity contribution in [1.29, 1.82) is 0 Å². The van der Waals surface area contributed by atoms with Crippen LogP contribution in [0.1, 0.15) is 15.9 Å². The van der Waals surface area contributed by atoms with E-state index in [-0.39, 0.29) is 35.9 Å². The molecule has 0 unspecified atom stereocenters. The number of hydrogen-bond acceptors (Lipinski definition) is 5. The highest BCUT2D eigenvalue weighted by atomic mass is 32.2. The van der Waals surface area contributed by atoms with Crippen molar-refractivity contribution in [2.45, 2.75) is 16.8 Å². The molecule has 3 rings (SSSR count). The van der Waals surface area contributed by atoms with Crippen molar-refractivity contribution in [2.24, 2.45) is 0 Å². The molecule has 8 heteroatoms. The summed E-state index contributed by atoms with van der Waals surface area (Å²) in [6, 6.07) is 14.6. The minimum atomic E-state index is -3.61. The Morgan fingerprint density at radius 1 is 1.11 bits per heavy atom. The van der Waals surface area contributed by atoms with Crippen molar-refractivity contribution in [3.63, 3.8) is 0 Å². The zero-order chi connectivity index (χ0) is 19.4. The summed E-state index contributed by atoms with van der Waals surface area (Å²) in [5.41, 5.74) is 0.863. The van der Waals surface area contributed by atoms with E-state index >= 15 is 0 Å². The molecule has 0 radical (unpaired) electrons. The first-order valence-corrected chi connectivity index (χ1v) is 10.0. The molecule has 2 aromatic carbocycles. The lowest BCUT2D eigenvalue weighted by molar-refractivity contribution is -0.154. The second kappa shape index (κ2) is 7.89. The van der Waals surface area contributed by atoms with Gasteiger partial charge in [0, 0.05) is 12.1 Å². The Morgan fingerprint density at radius 2 is 1.85 bits per heavy atom. The Hall–Kier alpha value is -2.71. The second-order valence-corrected chi connectivity index (χ2v) is 8.21.